The van der Waals surface area contributed by atoms with E-state index in [9.17, 15) is 18.0 Å². The maximum absolute atomic E-state index is 13.8. The standard InChI is InChI=1S/C19H16F3NO3/c20-13-3-2-12(16(21)17(13)22)18(24)23-10-19(5-6-19)11-1-4-14-15(9-11)26-8-7-25-14/h1-4,9H,5-8,10H2,(H,23,24). The lowest BCUT2D eigenvalue weighted by Crippen LogP contribution is -2.33. The maximum Gasteiger partial charge on any atom is 0.254 e. The summed E-state index contributed by atoms with van der Waals surface area (Å²) >= 11 is 0. The van der Waals surface area contributed by atoms with Crippen molar-refractivity contribution in [3.63, 3.8) is 0 Å². The molecule has 2 aliphatic rings. The number of nitrogens with one attached hydrogen (secondary N) is 1. The second-order valence-electron chi connectivity index (χ2n) is 6.54. The van der Waals surface area contributed by atoms with E-state index < -0.39 is 28.9 Å². The van der Waals surface area contributed by atoms with E-state index in [-0.39, 0.29) is 12.0 Å². The first-order valence-corrected chi connectivity index (χ1v) is 8.32. The van der Waals surface area contributed by atoms with E-state index in [1.54, 1.807) is 0 Å². The van der Waals surface area contributed by atoms with E-state index in [2.05, 4.69) is 5.32 Å². The van der Waals surface area contributed by atoms with Crippen LogP contribution in [-0.2, 0) is 5.41 Å². The van der Waals surface area contributed by atoms with Crippen molar-refractivity contribution in [3.8, 4) is 11.5 Å². The van der Waals surface area contributed by atoms with Gasteiger partial charge in [-0.1, -0.05) is 6.07 Å². The average Bonchev–Trinajstić information content (AvgIpc) is 3.45. The number of fused-ring (bicyclic) bond motifs is 1. The van der Waals surface area contributed by atoms with Crippen molar-refractivity contribution in [1.82, 2.24) is 5.32 Å². The molecule has 1 heterocycles. The van der Waals surface area contributed by atoms with Gasteiger partial charge < -0.3 is 14.8 Å². The Morgan fingerprint density at radius 3 is 2.46 bits per heavy atom. The molecule has 0 saturated heterocycles. The smallest absolute Gasteiger partial charge is 0.254 e. The van der Waals surface area contributed by atoms with Gasteiger partial charge in [0.15, 0.2) is 29.0 Å². The number of rotatable bonds is 4. The van der Waals surface area contributed by atoms with E-state index in [4.69, 9.17) is 9.47 Å². The quantitative estimate of drug-likeness (QED) is 0.848. The topological polar surface area (TPSA) is 47.6 Å². The highest BCUT2D eigenvalue weighted by Crippen LogP contribution is 2.49. The molecule has 0 radical (unpaired) electrons. The molecule has 1 fully saturated rings. The van der Waals surface area contributed by atoms with Gasteiger partial charge >= 0.3 is 0 Å². The summed E-state index contributed by atoms with van der Waals surface area (Å²) in [5.41, 5.74) is 0.218. The molecule has 0 bridgehead atoms. The zero-order valence-electron chi connectivity index (χ0n) is 13.8. The SMILES string of the molecule is O=C(NCC1(c2ccc3c(c2)OCCO3)CC1)c1ccc(F)c(F)c1F. The van der Waals surface area contributed by atoms with Gasteiger partial charge in [-0.05, 0) is 42.7 Å². The second-order valence-corrected chi connectivity index (χ2v) is 6.54. The number of carbonyl (C=O) groups is 1. The highest BCUT2D eigenvalue weighted by molar-refractivity contribution is 5.94. The number of hydrogen-bond donors (Lipinski definition) is 1. The van der Waals surface area contributed by atoms with E-state index in [1.807, 2.05) is 18.2 Å². The van der Waals surface area contributed by atoms with Gasteiger partial charge in [-0.25, -0.2) is 13.2 Å². The molecule has 1 aliphatic heterocycles. The Hall–Kier alpha value is -2.70. The predicted molar refractivity (Wildman–Crippen MR) is 87.0 cm³/mol. The monoisotopic (exact) mass is 363 g/mol. The molecule has 136 valence electrons. The fourth-order valence-corrected chi connectivity index (χ4v) is 3.14. The highest BCUT2D eigenvalue weighted by Gasteiger charge is 2.45. The van der Waals surface area contributed by atoms with Gasteiger partial charge in [-0.3, -0.25) is 4.79 Å². The molecule has 0 unspecified atom stereocenters. The molecule has 1 N–H and O–H groups in total. The fraction of sp³-hybridized carbons (Fsp3) is 0.316. The van der Waals surface area contributed by atoms with E-state index in [1.165, 1.54) is 0 Å². The summed E-state index contributed by atoms with van der Waals surface area (Å²) in [4.78, 5) is 12.2. The normalized spacial score (nSPS) is 16.9. The third kappa shape index (κ3) is 2.87. The Morgan fingerprint density at radius 2 is 1.73 bits per heavy atom. The molecule has 2 aromatic carbocycles. The fourth-order valence-electron chi connectivity index (χ4n) is 3.14. The van der Waals surface area contributed by atoms with Gasteiger partial charge in [0.05, 0.1) is 5.56 Å². The van der Waals surface area contributed by atoms with Crippen LogP contribution in [0, 0.1) is 17.5 Å². The molecule has 1 amide bonds. The Kier molecular flexibility index (Phi) is 4.01. The largest absolute Gasteiger partial charge is 0.486 e. The minimum atomic E-state index is -1.65. The number of hydrogen-bond acceptors (Lipinski definition) is 3. The molecule has 0 aromatic heterocycles. The molecular weight excluding hydrogens is 347 g/mol. The van der Waals surface area contributed by atoms with Gasteiger partial charge in [0.25, 0.3) is 5.91 Å². The molecule has 1 saturated carbocycles. The van der Waals surface area contributed by atoms with Crippen molar-refractivity contribution >= 4 is 5.91 Å². The number of halogens is 3. The summed E-state index contributed by atoms with van der Waals surface area (Å²) < 4.78 is 51.1. The van der Waals surface area contributed by atoms with Gasteiger partial charge in [-0.15, -0.1) is 0 Å². The lowest BCUT2D eigenvalue weighted by Gasteiger charge is -2.22. The third-order valence-electron chi connectivity index (χ3n) is 4.88. The van der Waals surface area contributed by atoms with E-state index in [0.29, 0.717) is 24.7 Å². The first-order chi connectivity index (χ1) is 12.5. The van der Waals surface area contributed by atoms with Crippen molar-refractivity contribution in [2.24, 2.45) is 0 Å². The van der Waals surface area contributed by atoms with Crippen molar-refractivity contribution in [3.05, 3.63) is 58.9 Å². The van der Waals surface area contributed by atoms with Gasteiger partial charge in [0.1, 0.15) is 13.2 Å². The number of amides is 1. The van der Waals surface area contributed by atoms with Crippen LogP contribution >= 0.6 is 0 Å². The van der Waals surface area contributed by atoms with Crippen LogP contribution in [0.3, 0.4) is 0 Å². The highest BCUT2D eigenvalue weighted by atomic mass is 19.2. The van der Waals surface area contributed by atoms with Crippen LogP contribution in [0.2, 0.25) is 0 Å². The first kappa shape index (κ1) is 16.8. The molecule has 26 heavy (non-hydrogen) atoms. The number of benzene rings is 2. The Bertz CT molecular complexity index is 881. The minimum Gasteiger partial charge on any atom is -0.486 e. The molecule has 1 aliphatic carbocycles. The summed E-state index contributed by atoms with van der Waals surface area (Å²) in [7, 11) is 0. The molecule has 4 nitrogen and oxygen atoms in total. The van der Waals surface area contributed by atoms with Crippen LogP contribution in [0.25, 0.3) is 0 Å². The minimum absolute atomic E-state index is 0.263. The second kappa shape index (κ2) is 6.23. The Morgan fingerprint density at radius 1 is 1.00 bits per heavy atom. The lowest BCUT2D eigenvalue weighted by atomic mass is 9.95. The third-order valence-corrected chi connectivity index (χ3v) is 4.88. The maximum atomic E-state index is 13.8. The van der Waals surface area contributed by atoms with Crippen molar-refractivity contribution in [2.75, 3.05) is 19.8 Å². The summed E-state index contributed by atoms with van der Waals surface area (Å²) in [6.45, 7) is 1.26. The van der Waals surface area contributed by atoms with Crippen molar-refractivity contribution in [1.29, 1.82) is 0 Å². The van der Waals surface area contributed by atoms with Crippen molar-refractivity contribution in [2.45, 2.75) is 18.3 Å². The first-order valence-electron chi connectivity index (χ1n) is 8.32. The summed E-state index contributed by atoms with van der Waals surface area (Å²) in [6.07, 6.45) is 1.71. The van der Waals surface area contributed by atoms with Crippen LogP contribution in [0.5, 0.6) is 11.5 Å². The molecule has 4 rings (SSSR count). The summed E-state index contributed by atoms with van der Waals surface area (Å²) in [6, 6.07) is 7.32. The van der Waals surface area contributed by atoms with Crippen LogP contribution in [-0.4, -0.2) is 25.7 Å². The van der Waals surface area contributed by atoms with Gasteiger partial charge in [-0.2, -0.15) is 0 Å². The van der Waals surface area contributed by atoms with Crippen molar-refractivity contribution < 1.29 is 27.4 Å². The zero-order chi connectivity index (χ0) is 18.3. The number of carbonyl (C=O) groups excluding carboxylic acids is 1. The van der Waals surface area contributed by atoms with Gasteiger partial charge in [0.2, 0.25) is 0 Å². The predicted octanol–water partition coefficient (Wildman–Crippen LogP) is 3.34. The molecule has 7 heteroatoms. The molecule has 0 atom stereocenters. The molecular formula is C19H16F3NO3. The van der Waals surface area contributed by atoms with E-state index >= 15 is 0 Å². The van der Waals surface area contributed by atoms with Crippen LogP contribution in [0.15, 0.2) is 30.3 Å². The average molecular weight is 363 g/mol. The Balaban J connectivity index is 1.49. The van der Waals surface area contributed by atoms with Crippen LogP contribution < -0.4 is 14.8 Å². The lowest BCUT2D eigenvalue weighted by molar-refractivity contribution is 0.0944. The van der Waals surface area contributed by atoms with E-state index in [0.717, 1.165) is 30.5 Å². The molecule has 2 aromatic rings. The Labute approximate surface area is 147 Å². The summed E-state index contributed by atoms with van der Waals surface area (Å²) in [5, 5.41) is 2.63. The number of ether oxygens (including phenoxy) is 2. The van der Waals surface area contributed by atoms with Crippen LogP contribution in [0.4, 0.5) is 13.2 Å². The molecule has 0 spiro atoms. The van der Waals surface area contributed by atoms with Gasteiger partial charge in [0, 0.05) is 12.0 Å². The van der Waals surface area contributed by atoms with Crippen LogP contribution in [0.1, 0.15) is 28.8 Å². The summed E-state index contributed by atoms with van der Waals surface area (Å²) in [5.74, 6) is -3.88. The zero-order valence-corrected chi connectivity index (χ0v) is 13.8.